The number of aryl methyl sites for hydroxylation is 1. The number of thioether (sulfide) groups is 1. The third-order valence-electron chi connectivity index (χ3n) is 5.05. The highest BCUT2D eigenvalue weighted by Gasteiger charge is 2.23. The van der Waals surface area contributed by atoms with Gasteiger partial charge in [-0.1, -0.05) is 0 Å². The van der Waals surface area contributed by atoms with Gasteiger partial charge in [0.25, 0.3) is 5.91 Å². The van der Waals surface area contributed by atoms with E-state index in [-0.39, 0.29) is 5.91 Å². The van der Waals surface area contributed by atoms with Gasteiger partial charge < -0.3 is 15.1 Å². The summed E-state index contributed by atoms with van der Waals surface area (Å²) in [4.78, 5) is 31.1. The Morgan fingerprint density at radius 1 is 0.967 bits per heavy atom. The van der Waals surface area contributed by atoms with Gasteiger partial charge in [-0.05, 0) is 55.1 Å². The van der Waals surface area contributed by atoms with Crippen LogP contribution in [0.1, 0.15) is 15.9 Å². The van der Waals surface area contributed by atoms with Gasteiger partial charge in [-0.25, -0.2) is 15.0 Å². The normalized spacial score (nSPS) is 13.9. The number of hydrogen-bond acceptors (Lipinski definition) is 7. The summed E-state index contributed by atoms with van der Waals surface area (Å²) >= 11 is 1.67. The fraction of sp³-hybridized carbons (Fsp3) is 0.273. The first kappa shape index (κ1) is 20.2. The summed E-state index contributed by atoms with van der Waals surface area (Å²) in [5.74, 6) is 2.38. The molecule has 1 aromatic carbocycles. The van der Waals surface area contributed by atoms with Gasteiger partial charge in [-0.2, -0.15) is 0 Å². The van der Waals surface area contributed by atoms with Crippen molar-refractivity contribution in [3.05, 3.63) is 66.1 Å². The van der Waals surface area contributed by atoms with Crippen molar-refractivity contribution in [1.82, 2.24) is 19.9 Å². The highest BCUT2D eigenvalue weighted by molar-refractivity contribution is 7.98. The van der Waals surface area contributed by atoms with Crippen LogP contribution in [-0.2, 0) is 0 Å². The molecule has 1 fully saturated rings. The average Bonchev–Trinajstić information content (AvgIpc) is 2.79. The Labute approximate surface area is 180 Å². The zero-order valence-electron chi connectivity index (χ0n) is 17.1. The quantitative estimate of drug-likeness (QED) is 0.632. The van der Waals surface area contributed by atoms with Gasteiger partial charge in [0.1, 0.15) is 23.8 Å². The summed E-state index contributed by atoms with van der Waals surface area (Å²) < 4.78 is 0. The van der Waals surface area contributed by atoms with E-state index in [4.69, 9.17) is 0 Å². The van der Waals surface area contributed by atoms with E-state index in [2.05, 4.69) is 25.2 Å². The van der Waals surface area contributed by atoms with Crippen LogP contribution in [0.2, 0.25) is 0 Å². The minimum absolute atomic E-state index is 0.0814. The fourth-order valence-corrected chi connectivity index (χ4v) is 3.79. The lowest BCUT2D eigenvalue weighted by atomic mass is 10.2. The molecule has 0 bridgehead atoms. The molecule has 1 amide bonds. The number of carbonyl (C=O) groups is 1. The number of amides is 1. The molecular weight excluding hydrogens is 396 g/mol. The zero-order chi connectivity index (χ0) is 20.9. The van der Waals surface area contributed by atoms with E-state index in [9.17, 15) is 4.79 Å². The predicted molar refractivity (Wildman–Crippen MR) is 121 cm³/mol. The molecule has 1 N–H and O–H groups in total. The third kappa shape index (κ3) is 4.71. The number of carbonyl (C=O) groups excluding carboxylic acids is 1. The lowest BCUT2D eigenvalue weighted by Crippen LogP contribution is -2.49. The molecule has 1 aliphatic heterocycles. The van der Waals surface area contributed by atoms with Gasteiger partial charge in [-0.15, -0.1) is 11.8 Å². The number of hydrogen-bond donors (Lipinski definition) is 1. The molecule has 30 heavy (non-hydrogen) atoms. The second kappa shape index (κ2) is 9.13. The van der Waals surface area contributed by atoms with Gasteiger partial charge in [0.15, 0.2) is 0 Å². The fourth-order valence-electron chi connectivity index (χ4n) is 3.38. The minimum Gasteiger partial charge on any atom is -0.353 e. The maximum atomic E-state index is 12.8. The Kier molecular flexibility index (Phi) is 6.13. The van der Waals surface area contributed by atoms with E-state index in [1.807, 2.05) is 60.5 Å². The first-order chi connectivity index (χ1) is 14.6. The molecule has 1 saturated heterocycles. The number of nitrogens with zero attached hydrogens (tertiary/aromatic N) is 5. The second-order valence-corrected chi connectivity index (χ2v) is 7.99. The van der Waals surface area contributed by atoms with E-state index in [0.29, 0.717) is 18.9 Å². The maximum Gasteiger partial charge on any atom is 0.253 e. The standard InChI is InChI=1S/C22H24N6OS/c1-16-7-8-23-19(13-16)26-20-14-21(25-15-24-20)27-9-11-28(12-10-27)22(29)17-3-5-18(30-2)6-4-17/h3-8,13-15H,9-12H2,1-2H3,(H,23,24,25,26). The highest BCUT2D eigenvalue weighted by atomic mass is 32.2. The van der Waals surface area contributed by atoms with Crippen molar-refractivity contribution in [2.75, 3.05) is 42.7 Å². The Bertz CT molecular complexity index is 1020. The number of benzene rings is 1. The Morgan fingerprint density at radius 2 is 1.70 bits per heavy atom. The summed E-state index contributed by atoms with van der Waals surface area (Å²) in [6.07, 6.45) is 5.35. The molecule has 0 saturated carbocycles. The lowest BCUT2D eigenvalue weighted by Gasteiger charge is -2.35. The summed E-state index contributed by atoms with van der Waals surface area (Å²) in [5.41, 5.74) is 1.87. The largest absolute Gasteiger partial charge is 0.353 e. The molecular formula is C22H24N6OS. The van der Waals surface area contributed by atoms with E-state index < -0.39 is 0 Å². The average molecular weight is 421 g/mol. The first-order valence-corrected chi connectivity index (χ1v) is 11.0. The van der Waals surface area contributed by atoms with Crippen molar-refractivity contribution >= 4 is 35.1 Å². The zero-order valence-corrected chi connectivity index (χ0v) is 17.9. The number of pyridine rings is 1. The summed E-state index contributed by atoms with van der Waals surface area (Å²) in [6.45, 7) is 4.81. The number of nitrogens with one attached hydrogen (secondary N) is 1. The van der Waals surface area contributed by atoms with Crippen molar-refractivity contribution in [2.45, 2.75) is 11.8 Å². The van der Waals surface area contributed by atoms with Crippen molar-refractivity contribution in [3.8, 4) is 0 Å². The molecule has 2 aromatic heterocycles. The Hall–Kier alpha value is -3.13. The number of rotatable bonds is 5. The topological polar surface area (TPSA) is 74.2 Å². The molecule has 0 radical (unpaired) electrons. The van der Waals surface area contributed by atoms with Crippen molar-refractivity contribution in [2.24, 2.45) is 0 Å². The molecule has 0 atom stereocenters. The van der Waals surface area contributed by atoms with E-state index in [1.165, 1.54) is 0 Å². The molecule has 3 aromatic rings. The van der Waals surface area contributed by atoms with Crippen LogP contribution in [0.15, 0.2) is 59.9 Å². The molecule has 7 nitrogen and oxygen atoms in total. The van der Waals surface area contributed by atoms with Crippen molar-refractivity contribution in [1.29, 1.82) is 0 Å². The Morgan fingerprint density at radius 3 is 2.40 bits per heavy atom. The first-order valence-electron chi connectivity index (χ1n) is 9.82. The molecule has 8 heteroatoms. The molecule has 0 spiro atoms. The van der Waals surface area contributed by atoms with Crippen LogP contribution in [0.4, 0.5) is 17.5 Å². The van der Waals surface area contributed by atoms with Gasteiger partial charge >= 0.3 is 0 Å². The van der Waals surface area contributed by atoms with Crippen LogP contribution in [0.25, 0.3) is 0 Å². The van der Waals surface area contributed by atoms with Crippen LogP contribution >= 0.6 is 11.8 Å². The molecule has 0 unspecified atom stereocenters. The smallest absolute Gasteiger partial charge is 0.253 e. The SMILES string of the molecule is CSc1ccc(C(=O)N2CCN(c3cc(Nc4cc(C)ccn4)ncn3)CC2)cc1. The predicted octanol–water partition coefficient (Wildman–Crippen LogP) is 3.61. The van der Waals surface area contributed by atoms with Crippen LogP contribution in [0.5, 0.6) is 0 Å². The van der Waals surface area contributed by atoms with Crippen LogP contribution < -0.4 is 10.2 Å². The van der Waals surface area contributed by atoms with Gasteiger partial charge in [0.05, 0.1) is 0 Å². The molecule has 154 valence electrons. The summed E-state index contributed by atoms with van der Waals surface area (Å²) in [6, 6.07) is 13.6. The Balaban J connectivity index is 1.38. The second-order valence-electron chi connectivity index (χ2n) is 7.11. The van der Waals surface area contributed by atoms with E-state index >= 15 is 0 Å². The van der Waals surface area contributed by atoms with Crippen molar-refractivity contribution < 1.29 is 4.79 Å². The van der Waals surface area contributed by atoms with Gasteiger partial charge in [0.2, 0.25) is 0 Å². The number of aromatic nitrogens is 3. The highest BCUT2D eigenvalue weighted by Crippen LogP contribution is 2.20. The van der Waals surface area contributed by atoms with Gasteiger partial charge in [0, 0.05) is 48.9 Å². The maximum absolute atomic E-state index is 12.8. The molecule has 1 aliphatic rings. The lowest BCUT2D eigenvalue weighted by molar-refractivity contribution is 0.0746. The van der Waals surface area contributed by atoms with E-state index in [1.54, 1.807) is 24.3 Å². The van der Waals surface area contributed by atoms with Crippen LogP contribution in [-0.4, -0.2) is 58.2 Å². The summed E-state index contributed by atoms with van der Waals surface area (Å²) in [5, 5.41) is 3.23. The molecule has 0 aliphatic carbocycles. The summed E-state index contributed by atoms with van der Waals surface area (Å²) in [7, 11) is 0. The van der Waals surface area contributed by atoms with Crippen molar-refractivity contribution in [3.63, 3.8) is 0 Å². The van der Waals surface area contributed by atoms with Gasteiger partial charge in [-0.3, -0.25) is 4.79 Å². The van der Waals surface area contributed by atoms with E-state index in [0.717, 1.165) is 40.7 Å². The van der Waals surface area contributed by atoms with Crippen LogP contribution in [0, 0.1) is 6.92 Å². The number of piperazine rings is 1. The monoisotopic (exact) mass is 420 g/mol. The molecule has 3 heterocycles. The molecule has 4 rings (SSSR count). The minimum atomic E-state index is 0.0814. The number of anilines is 3. The third-order valence-corrected chi connectivity index (χ3v) is 5.80. The van der Waals surface area contributed by atoms with Crippen LogP contribution in [0.3, 0.4) is 0 Å².